The molecular formula is C16H15NO3S. The second-order valence-corrected chi connectivity index (χ2v) is 5.95. The lowest BCUT2D eigenvalue weighted by Crippen LogP contribution is -2.08. The first-order valence-electron chi connectivity index (χ1n) is 6.56. The Labute approximate surface area is 126 Å². The van der Waals surface area contributed by atoms with Gasteiger partial charge in [0.05, 0.1) is 28.8 Å². The summed E-state index contributed by atoms with van der Waals surface area (Å²) in [5, 5.41) is 3.37. The van der Waals surface area contributed by atoms with Gasteiger partial charge >= 0.3 is 0 Å². The van der Waals surface area contributed by atoms with Crippen LogP contribution >= 0.6 is 11.3 Å². The maximum atomic E-state index is 12.8. The Morgan fingerprint density at radius 2 is 2.00 bits per heavy atom. The van der Waals surface area contributed by atoms with Gasteiger partial charge < -0.3 is 9.15 Å². The van der Waals surface area contributed by atoms with Crippen molar-refractivity contribution in [1.82, 2.24) is 4.98 Å². The zero-order valence-electron chi connectivity index (χ0n) is 12.3. The minimum atomic E-state index is -0.0511. The monoisotopic (exact) mass is 301 g/mol. The summed E-state index contributed by atoms with van der Waals surface area (Å²) in [7, 11) is 1.60. The molecule has 0 N–H and O–H groups in total. The van der Waals surface area contributed by atoms with Crippen LogP contribution in [0, 0.1) is 20.8 Å². The molecular weight excluding hydrogens is 286 g/mol. The lowest BCUT2D eigenvalue weighted by molar-refractivity contribution is 0.411. The molecule has 5 heteroatoms. The van der Waals surface area contributed by atoms with Crippen molar-refractivity contribution in [3.8, 4) is 17.0 Å². The molecule has 0 fully saturated rings. The largest absolute Gasteiger partial charge is 0.496 e. The lowest BCUT2D eigenvalue weighted by atomic mass is 10.1. The molecule has 0 saturated carbocycles. The fraction of sp³-hybridized carbons (Fsp3) is 0.250. The van der Waals surface area contributed by atoms with Gasteiger partial charge in [-0.1, -0.05) is 0 Å². The van der Waals surface area contributed by atoms with E-state index in [2.05, 4.69) is 4.98 Å². The van der Waals surface area contributed by atoms with E-state index < -0.39 is 0 Å². The van der Waals surface area contributed by atoms with Crippen LogP contribution in [0.5, 0.6) is 5.75 Å². The number of methoxy groups -OCH3 is 1. The maximum Gasteiger partial charge on any atom is 0.202 e. The van der Waals surface area contributed by atoms with E-state index in [0.29, 0.717) is 33.7 Å². The topological polar surface area (TPSA) is 52.3 Å². The van der Waals surface area contributed by atoms with Crippen molar-refractivity contribution in [2.75, 3.05) is 7.11 Å². The molecule has 0 aliphatic carbocycles. The Morgan fingerprint density at radius 3 is 2.62 bits per heavy atom. The molecule has 4 nitrogen and oxygen atoms in total. The highest BCUT2D eigenvalue weighted by molar-refractivity contribution is 7.09. The molecule has 0 atom stereocenters. The summed E-state index contributed by atoms with van der Waals surface area (Å²) in [6.45, 7) is 5.60. The Kier molecular flexibility index (Phi) is 3.29. The van der Waals surface area contributed by atoms with Gasteiger partial charge in [0, 0.05) is 10.9 Å². The summed E-state index contributed by atoms with van der Waals surface area (Å²) in [4.78, 5) is 17.2. The second-order valence-electron chi connectivity index (χ2n) is 4.88. The van der Waals surface area contributed by atoms with E-state index in [9.17, 15) is 4.79 Å². The summed E-state index contributed by atoms with van der Waals surface area (Å²) < 4.78 is 11.2. The van der Waals surface area contributed by atoms with Gasteiger partial charge in [-0.05, 0) is 32.9 Å². The highest BCUT2D eigenvalue weighted by atomic mass is 32.1. The molecule has 0 spiro atoms. The van der Waals surface area contributed by atoms with Crippen LogP contribution in [0.1, 0.15) is 16.3 Å². The first-order valence-corrected chi connectivity index (χ1v) is 7.44. The second kappa shape index (κ2) is 5.00. The van der Waals surface area contributed by atoms with Crippen LogP contribution in [-0.2, 0) is 0 Å². The van der Waals surface area contributed by atoms with Crippen LogP contribution < -0.4 is 10.2 Å². The predicted molar refractivity (Wildman–Crippen MR) is 84.4 cm³/mol. The van der Waals surface area contributed by atoms with Crippen molar-refractivity contribution in [3.05, 3.63) is 44.1 Å². The van der Waals surface area contributed by atoms with E-state index in [1.54, 1.807) is 26.2 Å². The molecule has 1 aromatic carbocycles. The highest BCUT2D eigenvalue weighted by Gasteiger charge is 2.17. The van der Waals surface area contributed by atoms with Crippen LogP contribution in [0.3, 0.4) is 0 Å². The van der Waals surface area contributed by atoms with Gasteiger partial charge in [0.25, 0.3) is 0 Å². The molecule has 0 aliphatic heterocycles. The molecule has 0 radical (unpaired) electrons. The zero-order valence-corrected chi connectivity index (χ0v) is 13.1. The molecule has 0 unspecified atom stereocenters. The Bertz CT molecular complexity index is 892. The standard InChI is InChI=1S/C16H15NO3S/c1-8-13(19-4)6-5-11-15(18)14(9(2)20-16(8)11)12-7-21-10(3)17-12/h5-7H,1-4H3. The zero-order chi connectivity index (χ0) is 15.1. The summed E-state index contributed by atoms with van der Waals surface area (Å²) in [5.74, 6) is 1.29. The van der Waals surface area contributed by atoms with Gasteiger partial charge in [-0.25, -0.2) is 4.98 Å². The number of aryl methyl sites for hydroxylation is 3. The SMILES string of the molecule is COc1ccc2c(=O)c(-c3csc(C)n3)c(C)oc2c1C. The third-order valence-corrected chi connectivity index (χ3v) is 4.30. The molecule has 0 bridgehead atoms. The van der Waals surface area contributed by atoms with Gasteiger partial charge in [-0.15, -0.1) is 11.3 Å². The van der Waals surface area contributed by atoms with Gasteiger partial charge in [0.15, 0.2) is 0 Å². The number of thiazole rings is 1. The van der Waals surface area contributed by atoms with Crippen molar-refractivity contribution >= 4 is 22.3 Å². The summed E-state index contributed by atoms with van der Waals surface area (Å²) in [5.41, 5.74) is 2.57. The third kappa shape index (κ3) is 2.14. The van der Waals surface area contributed by atoms with Gasteiger partial charge in [0.1, 0.15) is 17.1 Å². The van der Waals surface area contributed by atoms with Crippen molar-refractivity contribution in [2.24, 2.45) is 0 Å². The average molecular weight is 301 g/mol. The fourth-order valence-electron chi connectivity index (χ4n) is 2.48. The molecule has 0 amide bonds. The highest BCUT2D eigenvalue weighted by Crippen LogP contribution is 2.30. The van der Waals surface area contributed by atoms with E-state index in [4.69, 9.17) is 9.15 Å². The molecule has 0 aliphatic rings. The van der Waals surface area contributed by atoms with E-state index in [1.807, 2.05) is 19.2 Å². The van der Waals surface area contributed by atoms with Gasteiger partial charge in [0.2, 0.25) is 5.43 Å². The van der Waals surface area contributed by atoms with E-state index in [1.165, 1.54) is 11.3 Å². The number of nitrogens with zero attached hydrogens (tertiary/aromatic N) is 1. The average Bonchev–Trinajstić information content (AvgIpc) is 2.86. The molecule has 108 valence electrons. The summed E-state index contributed by atoms with van der Waals surface area (Å²) in [6, 6.07) is 3.54. The normalized spacial score (nSPS) is 11.0. The molecule has 0 saturated heterocycles. The van der Waals surface area contributed by atoms with E-state index in [0.717, 1.165) is 10.6 Å². The Morgan fingerprint density at radius 1 is 1.24 bits per heavy atom. The van der Waals surface area contributed by atoms with E-state index >= 15 is 0 Å². The Hall–Kier alpha value is -2.14. The molecule has 3 aromatic rings. The number of aromatic nitrogens is 1. The Balaban J connectivity index is 2.37. The number of benzene rings is 1. The summed E-state index contributed by atoms with van der Waals surface area (Å²) in [6.07, 6.45) is 0. The molecule has 2 heterocycles. The van der Waals surface area contributed by atoms with Crippen molar-refractivity contribution in [3.63, 3.8) is 0 Å². The summed E-state index contributed by atoms with van der Waals surface area (Å²) >= 11 is 1.52. The minimum Gasteiger partial charge on any atom is -0.496 e. The fourth-order valence-corrected chi connectivity index (χ4v) is 3.08. The van der Waals surface area contributed by atoms with E-state index in [-0.39, 0.29) is 5.43 Å². The van der Waals surface area contributed by atoms with Crippen molar-refractivity contribution in [2.45, 2.75) is 20.8 Å². The first-order chi connectivity index (χ1) is 10.0. The lowest BCUT2D eigenvalue weighted by Gasteiger charge is -2.09. The number of ether oxygens (including phenoxy) is 1. The first kappa shape index (κ1) is 13.8. The number of hydrogen-bond donors (Lipinski definition) is 0. The minimum absolute atomic E-state index is 0.0511. The maximum absolute atomic E-state index is 12.8. The van der Waals surface area contributed by atoms with Crippen LogP contribution in [0.15, 0.2) is 26.7 Å². The quantitative estimate of drug-likeness (QED) is 0.721. The predicted octanol–water partition coefficient (Wildman–Crippen LogP) is 3.85. The van der Waals surface area contributed by atoms with Crippen molar-refractivity contribution < 1.29 is 9.15 Å². The van der Waals surface area contributed by atoms with Crippen LogP contribution in [0.2, 0.25) is 0 Å². The molecule has 3 rings (SSSR count). The van der Waals surface area contributed by atoms with Gasteiger partial charge in [-0.2, -0.15) is 0 Å². The van der Waals surface area contributed by atoms with Gasteiger partial charge in [-0.3, -0.25) is 4.79 Å². The number of hydrogen-bond acceptors (Lipinski definition) is 5. The van der Waals surface area contributed by atoms with Crippen LogP contribution in [-0.4, -0.2) is 12.1 Å². The third-order valence-electron chi connectivity index (χ3n) is 3.53. The number of fused-ring (bicyclic) bond motifs is 1. The van der Waals surface area contributed by atoms with Crippen LogP contribution in [0.25, 0.3) is 22.2 Å². The van der Waals surface area contributed by atoms with Crippen LogP contribution in [0.4, 0.5) is 0 Å². The molecule has 21 heavy (non-hydrogen) atoms. The molecule has 2 aromatic heterocycles. The van der Waals surface area contributed by atoms with Crippen molar-refractivity contribution in [1.29, 1.82) is 0 Å². The smallest absolute Gasteiger partial charge is 0.202 e. The number of rotatable bonds is 2.